The minimum atomic E-state index is -0.828. The Bertz CT molecular complexity index is 1630. The molecule has 10 nitrogen and oxygen atoms in total. The number of piperidine rings is 1. The summed E-state index contributed by atoms with van der Waals surface area (Å²) in [6, 6.07) is 7.92. The third kappa shape index (κ3) is 4.34. The maximum Gasteiger partial charge on any atom is 0.407 e. The van der Waals surface area contributed by atoms with Crippen LogP contribution in [0.4, 0.5) is 4.79 Å². The van der Waals surface area contributed by atoms with Crippen molar-refractivity contribution in [2.75, 3.05) is 13.1 Å². The van der Waals surface area contributed by atoms with Gasteiger partial charge in [-0.05, 0) is 76.3 Å². The fourth-order valence-corrected chi connectivity index (χ4v) is 7.68. The molecule has 5 heterocycles. The summed E-state index contributed by atoms with van der Waals surface area (Å²) < 4.78 is 14.2. The number of hydrogen-bond acceptors (Lipinski definition) is 8. The van der Waals surface area contributed by atoms with Crippen LogP contribution in [0.15, 0.2) is 46.1 Å². The van der Waals surface area contributed by atoms with Crippen LogP contribution in [0.2, 0.25) is 0 Å². The van der Waals surface area contributed by atoms with E-state index in [1.807, 2.05) is 19.1 Å². The summed E-state index contributed by atoms with van der Waals surface area (Å²) in [5.41, 5.74) is 4.30. The average Bonchev–Trinajstić information content (AvgIpc) is 3.67. The summed E-state index contributed by atoms with van der Waals surface area (Å²) >= 11 is 1.73. The lowest BCUT2D eigenvalue weighted by Gasteiger charge is -2.52. The van der Waals surface area contributed by atoms with Crippen LogP contribution in [-0.4, -0.2) is 60.8 Å². The predicted octanol–water partition coefficient (Wildman–Crippen LogP) is 5.68. The van der Waals surface area contributed by atoms with Gasteiger partial charge < -0.3 is 19.2 Å². The summed E-state index contributed by atoms with van der Waals surface area (Å²) in [4.78, 5) is 23.8. The Morgan fingerprint density at radius 1 is 1.15 bits per heavy atom. The van der Waals surface area contributed by atoms with Crippen molar-refractivity contribution in [2.45, 2.75) is 65.0 Å². The van der Waals surface area contributed by atoms with Crippen LogP contribution in [0.3, 0.4) is 0 Å². The first kappa shape index (κ1) is 25.9. The maximum atomic E-state index is 11.4. The van der Waals surface area contributed by atoms with Crippen LogP contribution in [0.5, 0.6) is 5.75 Å². The van der Waals surface area contributed by atoms with E-state index in [2.05, 4.69) is 45.7 Å². The molecule has 1 aromatic carbocycles. The molecule has 3 aromatic heterocycles. The number of aryl methyl sites for hydroxylation is 2. The van der Waals surface area contributed by atoms with Crippen molar-refractivity contribution in [1.82, 2.24) is 24.6 Å². The normalized spacial score (nSPS) is 21.0. The Labute approximate surface area is 241 Å². The van der Waals surface area contributed by atoms with E-state index in [4.69, 9.17) is 14.1 Å². The summed E-state index contributed by atoms with van der Waals surface area (Å²) in [6.45, 7) is 7.43. The largest absolute Gasteiger partial charge is 0.490 e. The number of carbonyl (C=O) groups is 1. The molecule has 4 aromatic rings. The molecule has 3 aliphatic rings. The second kappa shape index (κ2) is 9.83. The summed E-state index contributed by atoms with van der Waals surface area (Å²) in [5.74, 6) is 3.04. The van der Waals surface area contributed by atoms with Gasteiger partial charge in [-0.3, -0.25) is 9.56 Å². The van der Waals surface area contributed by atoms with Crippen molar-refractivity contribution >= 4 is 23.1 Å². The van der Waals surface area contributed by atoms with E-state index in [1.165, 1.54) is 15.3 Å². The van der Waals surface area contributed by atoms with Gasteiger partial charge in [-0.1, -0.05) is 0 Å². The molecule has 0 bridgehead atoms. The number of nitrogens with zero attached hydrogens (tertiary/aromatic N) is 6. The van der Waals surface area contributed by atoms with Gasteiger partial charge >= 0.3 is 6.09 Å². The number of hydrogen-bond donors (Lipinski definition) is 1. The standard InChI is InChI=1S/C30H32N6O4S/c1-17-18(2)41-28-25(17)26(32-22(16-24-31-12-15-39-24)27-34-33-19(3)36(27)28)20-4-6-21(7-5-20)40-23-8-9-30(23)10-13-35(14-11-30)29(37)38/h4-7,12,15,22-23H,8-11,13-14,16H2,1-3H3,(H,37,38)/t22-,23?/m0/s1. The highest BCUT2D eigenvalue weighted by Crippen LogP contribution is 2.51. The van der Waals surface area contributed by atoms with Gasteiger partial charge in [0.05, 0.1) is 18.3 Å². The molecule has 11 heteroatoms. The minimum absolute atomic E-state index is 0.0791. The number of oxazole rings is 1. The van der Waals surface area contributed by atoms with Crippen molar-refractivity contribution in [3.8, 4) is 10.8 Å². The lowest BCUT2D eigenvalue weighted by atomic mass is 9.60. The number of fused-ring (bicyclic) bond motifs is 3. The van der Waals surface area contributed by atoms with Crippen LogP contribution in [-0.2, 0) is 6.42 Å². The summed E-state index contributed by atoms with van der Waals surface area (Å²) in [5, 5.41) is 19.4. The molecule has 2 atom stereocenters. The molecule has 41 heavy (non-hydrogen) atoms. The number of thiophene rings is 1. The molecule has 1 aliphatic carbocycles. The Morgan fingerprint density at radius 2 is 1.93 bits per heavy atom. The zero-order valence-corrected chi connectivity index (χ0v) is 24.1. The topological polar surface area (TPSA) is 119 Å². The molecular weight excluding hydrogens is 540 g/mol. The lowest BCUT2D eigenvalue weighted by Crippen LogP contribution is -2.55. The molecule has 1 spiro atoms. The predicted molar refractivity (Wildman–Crippen MR) is 153 cm³/mol. The average molecular weight is 573 g/mol. The van der Waals surface area contributed by atoms with Gasteiger partial charge in [-0.2, -0.15) is 0 Å². The van der Waals surface area contributed by atoms with Crippen LogP contribution >= 0.6 is 11.3 Å². The van der Waals surface area contributed by atoms with Crippen LogP contribution in [0, 0.1) is 26.2 Å². The number of amides is 1. The first-order valence-corrected chi connectivity index (χ1v) is 14.9. The molecule has 0 radical (unpaired) electrons. The Morgan fingerprint density at radius 3 is 2.59 bits per heavy atom. The third-order valence-corrected chi connectivity index (χ3v) is 10.3. The molecule has 1 saturated carbocycles. The number of likely N-dealkylation sites (tertiary alicyclic amines) is 1. The SMILES string of the molecule is Cc1sc2c(c1C)C(c1ccc(OC3CCC34CCN(C(=O)O)CC4)cc1)=N[C@@H](Cc1ncco1)c1nnc(C)n1-2. The monoisotopic (exact) mass is 572 g/mol. The Balaban J connectivity index is 1.20. The first-order chi connectivity index (χ1) is 19.8. The molecule has 1 amide bonds. The highest BCUT2D eigenvalue weighted by Gasteiger charge is 2.50. The number of benzene rings is 1. The van der Waals surface area contributed by atoms with Gasteiger partial charge in [-0.25, -0.2) is 9.78 Å². The highest BCUT2D eigenvalue weighted by atomic mass is 32.1. The smallest absolute Gasteiger partial charge is 0.407 e. The molecule has 1 saturated heterocycles. The lowest BCUT2D eigenvalue weighted by molar-refractivity contribution is -0.0808. The fourth-order valence-electron chi connectivity index (χ4n) is 6.47. The van der Waals surface area contributed by atoms with Crippen molar-refractivity contribution in [3.05, 3.63) is 75.8 Å². The summed E-state index contributed by atoms with van der Waals surface area (Å²) in [7, 11) is 0. The molecule has 7 rings (SSSR count). The van der Waals surface area contributed by atoms with Crippen LogP contribution in [0.25, 0.3) is 5.00 Å². The molecule has 1 unspecified atom stereocenters. The summed E-state index contributed by atoms with van der Waals surface area (Å²) in [6.07, 6.45) is 6.80. The van der Waals surface area contributed by atoms with Crippen molar-refractivity contribution in [2.24, 2.45) is 10.4 Å². The molecule has 2 fully saturated rings. The molecule has 1 N–H and O–H groups in total. The zero-order valence-electron chi connectivity index (χ0n) is 23.3. The quantitative estimate of drug-likeness (QED) is 0.327. The number of aliphatic imine (C=N–C) groups is 1. The molecule has 2 aliphatic heterocycles. The van der Waals surface area contributed by atoms with E-state index >= 15 is 0 Å². The van der Waals surface area contributed by atoms with Gasteiger partial charge in [0, 0.05) is 34.5 Å². The van der Waals surface area contributed by atoms with E-state index in [0.29, 0.717) is 25.4 Å². The van der Waals surface area contributed by atoms with E-state index in [9.17, 15) is 9.90 Å². The van der Waals surface area contributed by atoms with Crippen molar-refractivity contribution in [1.29, 1.82) is 0 Å². The number of aromatic nitrogens is 4. The van der Waals surface area contributed by atoms with Crippen LogP contribution < -0.4 is 4.74 Å². The number of rotatable bonds is 5. The van der Waals surface area contributed by atoms with Gasteiger partial charge in [0.15, 0.2) is 11.7 Å². The third-order valence-electron chi connectivity index (χ3n) is 9.11. The van der Waals surface area contributed by atoms with Gasteiger partial charge in [0.2, 0.25) is 0 Å². The van der Waals surface area contributed by atoms with Crippen LogP contribution in [0.1, 0.15) is 70.8 Å². The second-order valence-electron chi connectivity index (χ2n) is 11.3. The number of carboxylic acid groups (broad SMARTS) is 1. The minimum Gasteiger partial charge on any atom is -0.490 e. The van der Waals surface area contributed by atoms with E-state index < -0.39 is 6.09 Å². The van der Waals surface area contributed by atoms with Gasteiger partial charge in [0.1, 0.15) is 35.0 Å². The highest BCUT2D eigenvalue weighted by molar-refractivity contribution is 7.15. The zero-order chi connectivity index (χ0) is 28.3. The first-order valence-electron chi connectivity index (χ1n) is 14.1. The van der Waals surface area contributed by atoms with Crippen molar-refractivity contribution < 1.29 is 19.1 Å². The Kier molecular flexibility index (Phi) is 6.22. The number of ether oxygens (including phenoxy) is 1. The van der Waals surface area contributed by atoms with E-state index in [-0.39, 0.29) is 17.6 Å². The molecule has 212 valence electrons. The van der Waals surface area contributed by atoms with Gasteiger partial charge in [-0.15, -0.1) is 21.5 Å². The van der Waals surface area contributed by atoms with E-state index in [1.54, 1.807) is 23.8 Å². The van der Waals surface area contributed by atoms with Crippen molar-refractivity contribution in [3.63, 3.8) is 0 Å². The Hall–Kier alpha value is -3.99. The molecular formula is C30H32N6O4S. The maximum absolute atomic E-state index is 11.4. The van der Waals surface area contributed by atoms with E-state index in [0.717, 1.165) is 64.9 Å². The fraction of sp³-hybridized carbons (Fsp3) is 0.433. The van der Waals surface area contributed by atoms with Gasteiger partial charge in [0.25, 0.3) is 0 Å². The second-order valence-corrected chi connectivity index (χ2v) is 12.5.